The molecule has 0 amide bonds. The average Bonchev–Trinajstić information content (AvgIpc) is 2.68. The Morgan fingerprint density at radius 1 is 1.53 bits per heavy atom. The van der Waals surface area contributed by atoms with Gasteiger partial charge < -0.3 is 5.11 Å². The number of fused-ring (bicyclic) bond motifs is 1. The number of carboxylic acid groups (broad SMARTS) is 1. The number of carboxylic acids is 1. The molecular weight excluding hydrogens is 288 g/mol. The van der Waals surface area contributed by atoms with Crippen molar-refractivity contribution in [2.24, 2.45) is 7.05 Å². The number of halogens is 1. The van der Waals surface area contributed by atoms with Gasteiger partial charge in [-0.15, -0.1) is 0 Å². The maximum Gasteiger partial charge on any atom is 0.309 e. The van der Waals surface area contributed by atoms with Gasteiger partial charge in [-0.1, -0.05) is 13.8 Å². The van der Waals surface area contributed by atoms with E-state index in [4.69, 9.17) is 5.11 Å². The molecular formula is C10H13BrN4O2. The summed E-state index contributed by atoms with van der Waals surface area (Å²) in [7, 11) is 1.88. The third-order valence-corrected chi connectivity index (χ3v) is 3.32. The average molecular weight is 301 g/mol. The zero-order valence-electron chi connectivity index (χ0n) is 9.81. The Morgan fingerprint density at radius 2 is 2.18 bits per heavy atom. The summed E-state index contributed by atoms with van der Waals surface area (Å²) < 4.78 is 4.12. The third-order valence-electron chi connectivity index (χ3n) is 2.53. The van der Waals surface area contributed by atoms with Crippen molar-refractivity contribution in [2.75, 3.05) is 0 Å². The number of imidazole rings is 1. The summed E-state index contributed by atoms with van der Waals surface area (Å²) in [6.45, 7) is 4.10. The molecule has 0 radical (unpaired) electrons. The smallest absolute Gasteiger partial charge is 0.309 e. The summed E-state index contributed by atoms with van der Waals surface area (Å²) >= 11 is 3.34. The summed E-state index contributed by atoms with van der Waals surface area (Å²) in [6.07, 6.45) is -0.110. The second-order valence-corrected chi connectivity index (χ2v) is 4.95. The molecule has 2 rings (SSSR count). The monoisotopic (exact) mass is 300 g/mol. The van der Waals surface area contributed by atoms with Crippen molar-refractivity contribution in [1.29, 1.82) is 0 Å². The first kappa shape index (κ1) is 12.1. The van der Waals surface area contributed by atoms with E-state index in [1.165, 1.54) is 0 Å². The maximum atomic E-state index is 10.7. The summed E-state index contributed by atoms with van der Waals surface area (Å²) in [5.74, 6) is 0.946. The largest absolute Gasteiger partial charge is 0.481 e. The fraction of sp³-hybridized carbons (Fsp3) is 0.500. The molecule has 0 atom stereocenters. The molecule has 17 heavy (non-hydrogen) atoms. The van der Waals surface area contributed by atoms with Crippen LogP contribution in [0.5, 0.6) is 0 Å². The molecule has 0 aliphatic heterocycles. The number of nitrogens with zero attached hydrogens (tertiary/aromatic N) is 4. The van der Waals surface area contributed by atoms with Crippen molar-refractivity contribution < 1.29 is 9.90 Å². The van der Waals surface area contributed by atoms with Crippen LogP contribution in [0.1, 0.15) is 31.3 Å². The molecule has 0 fully saturated rings. The fourth-order valence-corrected chi connectivity index (χ4v) is 2.23. The van der Waals surface area contributed by atoms with Crippen LogP contribution in [0.15, 0.2) is 4.60 Å². The van der Waals surface area contributed by atoms with Crippen molar-refractivity contribution in [3.05, 3.63) is 16.1 Å². The van der Waals surface area contributed by atoms with Gasteiger partial charge in [-0.3, -0.25) is 9.36 Å². The molecule has 2 aromatic heterocycles. The quantitative estimate of drug-likeness (QED) is 0.934. The Balaban J connectivity index is 2.58. The van der Waals surface area contributed by atoms with E-state index < -0.39 is 5.97 Å². The Bertz CT molecular complexity index is 585. The number of aryl methyl sites for hydroxylation is 1. The van der Waals surface area contributed by atoms with Crippen molar-refractivity contribution in [3.8, 4) is 0 Å². The molecule has 2 heterocycles. The number of aromatic nitrogens is 4. The summed E-state index contributed by atoms with van der Waals surface area (Å²) in [5.41, 5.74) is 0.492. The molecule has 92 valence electrons. The van der Waals surface area contributed by atoms with Crippen LogP contribution >= 0.6 is 15.9 Å². The predicted molar refractivity (Wildman–Crippen MR) is 65.1 cm³/mol. The minimum absolute atomic E-state index is 0.110. The molecule has 0 saturated heterocycles. The molecule has 2 aromatic rings. The minimum atomic E-state index is -0.904. The topological polar surface area (TPSA) is 72.4 Å². The van der Waals surface area contributed by atoms with E-state index in [1.54, 1.807) is 4.52 Å². The third kappa shape index (κ3) is 1.95. The first-order chi connectivity index (χ1) is 7.91. The lowest BCUT2D eigenvalue weighted by Gasteiger charge is -2.02. The van der Waals surface area contributed by atoms with Crippen LogP contribution in [0.2, 0.25) is 0 Å². The van der Waals surface area contributed by atoms with Crippen LogP contribution in [-0.2, 0) is 18.3 Å². The van der Waals surface area contributed by atoms with Crippen molar-refractivity contribution in [3.63, 3.8) is 0 Å². The Hall–Kier alpha value is -1.37. The number of hydrogen-bond donors (Lipinski definition) is 1. The van der Waals surface area contributed by atoms with Gasteiger partial charge in [-0.2, -0.15) is 9.61 Å². The predicted octanol–water partition coefficient (Wildman–Crippen LogP) is 1.58. The van der Waals surface area contributed by atoms with Crippen LogP contribution in [0, 0.1) is 0 Å². The first-order valence-corrected chi connectivity index (χ1v) is 6.02. The van der Waals surface area contributed by atoms with Crippen LogP contribution in [0.25, 0.3) is 5.78 Å². The van der Waals surface area contributed by atoms with Crippen molar-refractivity contribution in [1.82, 2.24) is 19.2 Å². The van der Waals surface area contributed by atoms with E-state index in [1.807, 2.05) is 25.5 Å². The van der Waals surface area contributed by atoms with E-state index in [9.17, 15) is 4.79 Å². The zero-order valence-corrected chi connectivity index (χ0v) is 11.4. The lowest BCUT2D eigenvalue weighted by molar-refractivity contribution is -0.136. The second kappa shape index (κ2) is 4.14. The SMILES string of the molecule is CC(C)c1nn2c(Br)c(CC(=O)O)nc2n1C. The van der Waals surface area contributed by atoms with Crippen LogP contribution < -0.4 is 0 Å². The molecule has 1 N–H and O–H groups in total. The summed E-state index contributed by atoms with van der Waals surface area (Å²) in [5, 5.41) is 13.2. The number of carbonyl (C=O) groups is 1. The first-order valence-electron chi connectivity index (χ1n) is 5.23. The van der Waals surface area contributed by atoms with Crippen molar-refractivity contribution in [2.45, 2.75) is 26.2 Å². The van der Waals surface area contributed by atoms with Gasteiger partial charge in [0.1, 0.15) is 10.4 Å². The van der Waals surface area contributed by atoms with E-state index in [0.717, 1.165) is 5.82 Å². The normalized spacial score (nSPS) is 11.6. The Kier molecular flexibility index (Phi) is 2.94. The lowest BCUT2D eigenvalue weighted by atomic mass is 10.2. The number of aliphatic carboxylic acids is 1. The lowest BCUT2D eigenvalue weighted by Crippen LogP contribution is -2.03. The van der Waals surface area contributed by atoms with Gasteiger partial charge >= 0.3 is 5.97 Å². The molecule has 7 heteroatoms. The van der Waals surface area contributed by atoms with Crippen molar-refractivity contribution >= 4 is 27.7 Å². The second-order valence-electron chi connectivity index (χ2n) is 4.20. The van der Waals surface area contributed by atoms with Gasteiger partial charge in [-0.25, -0.2) is 4.98 Å². The summed E-state index contributed by atoms with van der Waals surface area (Å²) in [6, 6.07) is 0. The van der Waals surface area contributed by atoms with Gasteiger partial charge in [0.2, 0.25) is 5.78 Å². The molecule has 0 aromatic carbocycles. The van der Waals surface area contributed by atoms with E-state index in [0.29, 0.717) is 16.1 Å². The van der Waals surface area contributed by atoms with Gasteiger partial charge in [0.25, 0.3) is 0 Å². The minimum Gasteiger partial charge on any atom is -0.481 e. The molecule has 0 bridgehead atoms. The van der Waals surface area contributed by atoms with Gasteiger partial charge in [-0.05, 0) is 15.9 Å². The summed E-state index contributed by atoms with van der Waals surface area (Å²) in [4.78, 5) is 15.0. The molecule has 0 unspecified atom stereocenters. The van der Waals surface area contributed by atoms with E-state index in [2.05, 4.69) is 26.0 Å². The number of rotatable bonds is 3. The Labute approximate surface area is 106 Å². The Morgan fingerprint density at radius 3 is 2.65 bits per heavy atom. The highest BCUT2D eigenvalue weighted by atomic mass is 79.9. The van der Waals surface area contributed by atoms with Gasteiger partial charge in [0.05, 0.1) is 12.1 Å². The molecule has 0 saturated carbocycles. The van der Waals surface area contributed by atoms with Crippen LogP contribution in [-0.4, -0.2) is 30.2 Å². The maximum absolute atomic E-state index is 10.7. The zero-order chi connectivity index (χ0) is 12.7. The van der Waals surface area contributed by atoms with Gasteiger partial charge in [0, 0.05) is 13.0 Å². The van der Waals surface area contributed by atoms with E-state index in [-0.39, 0.29) is 12.3 Å². The molecule has 0 aliphatic carbocycles. The van der Waals surface area contributed by atoms with E-state index >= 15 is 0 Å². The number of hydrogen-bond acceptors (Lipinski definition) is 3. The van der Waals surface area contributed by atoms with Gasteiger partial charge in [0.15, 0.2) is 0 Å². The fourth-order valence-electron chi connectivity index (χ4n) is 1.76. The molecule has 0 spiro atoms. The van der Waals surface area contributed by atoms with Crippen LogP contribution in [0.4, 0.5) is 0 Å². The standard InChI is InChI=1S/C10H13BrN4O2/c1-5(2)9-13-15-8(11)6(4-7(16)17)12-10(15)14(9)3/h5H,4H2,1-3H3,(H,16,17). The molecule has 0 aliphatic rings. The molecule has 6 nitrogen and oxygen atoms in total. The highest BCUT2D eigenvalue weighted by Gasteiger charge is 2.19. The van der Waals surface area contributed by atoms with Crippen LogP contribution in [0.3, 0.4) is 0 Å². The highest BCUT2D eigenvalue weighted by Crippen LogP contribution is 2.22. The highest BCUT2D eigenvalue weighted by molar-refractivity contribution is 9.10.